The van der Waals surface area contributed by atoms with Crippen molar-refractivity contribution >= 4 is 11.9 Å². The van der Waals surface area contributed by atoms with Gasteiger partial charge in [-0.05, 0) is 31.0 Å². The van der Waals surface area contributed by atoms with Crippen LogP contribution in [0.2, 0.25) is 0 Å². The van der Waals surface area contributed by atoms with Crippen molar-refractivity contribution in [2.75, 3.05) is 26.3 Å². The van der Waals surface area contributed by atoms with Gasteiger partial charge in [0, 0.05) is 24.4 Å². The van der Waals surface area contributed by atoms with Crippen LogP contribution in [0.1, 0.15) is 37.3 Å². The molecule has 1 saturated heterocycles. The smallest absolute Gasteiger partial charge is 0.321 e. The molecule has 3 aliphatic rings. The van der Waals surface area contributed by atoms with E-state index >= 15 is 0 Å². The molecule has 1 unspecified atom stereocenters. The molecule has 1 aliphatic carbocycles. The average Bonchev–Trinajstić information content (AvgIpc) is 3.29. The van der Waals surface area contributed by atoms with Crippen LogP contribution in [0, 0.1) is 0 Å². The van der Waals surface area contributed by atoms with E-state index in [4.69, 9.17) is 9.47 Å². The summed E-state index contributed by atoms with van der Waals surface area (Å²) in [4.78, 5) is 25.1. The number of rotatable bonds is 4. The summed E-state index contributed by atoms with van der Waals surface area (Å²) in [7, 11) is 0. The third-order valence-electron chi connectivity index (χ3n) is 5.01. The Morgan fingerprint density at radius 3 is 2.72 bits per heavy atom. The number of imide groups is 1. The largest absolute Gasteiger partial charge is 0.486 e. The zero-order valence-corrected chi connectivity index (χ0v) is 14.2. The Bertz CT molecular complexity index is 674. The number of nitrogens with one attached hydrogen (secondary N) is 3. The number of amides is 3. The quantitative estimate of drug-likeness (QED) is 0.726. The first-order valence-corrected chi connectivity index (χ1v) is 9.03. The average molecular weight is 346 g/mol. The number of hydrogen-bond acceptors (Lipinski definition) is 4. The molecule has 2 heterocycles. The molecule has 1 aromatic rings. The van der Waals surface area contributed by atoms with Crippen LogP contribution in [0.15, 0.2) is 18.2 Å². The van der Waals surface area contributed by atoms with Gasteiger partial charge in [0.1, 0.15) is 19.3 Å². The van der Waals surface area contributed by atoms with Crippen molar-refractivity contribution in [2.24, 2.45) is 0 Å². The van der Waals surface area contributed by atoms with Gasteiger partial charge in [-0.25, -0.2) is 4.79 Å². The third-order valence-corrected chi connectivity index (χ3v) is 5.01. The minimum atomic E-state index is -0.373. The van der Waals surface area contributed by atoms with E-state index in [1.54, 1.807) is 0 Å². The normalized spacial score (nSPS) is 24.6. The van der Waals surface area contributed by atoms with E-state index in [0.717, 1.165) is 49.3 Å². The number of carbonyl (C=O) groups is 2. The molecule has 4 rings (SSSR count). The number of likely N-dealkylation sites (tertiary alicyclic amines) is 1. The predicted octanol–water partition coefficient (Wildman–Crippen LogP) is 0.166. The van der Waals surface area contributed by atoms with E-state index in [1.165, 1.54) is 4.90 Å². The van der Waals surface area contributed by atoms with Gasteiger partial charge in [0.25, 0.3) is 5.91 Å². The van der Waals surface area contributed by atoms with Gasteiger partial charge in [0.15, 0.2) is 18.0 Å². The molecule has 2 atom stereocenters. The summed E-state index contributed by atoms with van der Waals surface area (Å²) in [6, 6.07) is 6.15. The van der Waals surface area contributed by atoms with Gasteiger partial charge >= 0.3 is 6.03 Å². The molecule has 1 saturated carbocycles. The summed E-state index contributed by atoms with van der Waals surface area (Å²) in [6.45, 7) is 2.38. The highest BCUT2D eigenvalue weighted by Gasteiger charge is 2.33. The highest BCUT2D eigenvalue weighted by molar-refractivity contribution is 5.94. The zero-order valence-electron chi connectivity index (χ0n) is 14.2. The lowest BCUT2D eigenvalue weighted by Crippen LogP contribution is -3.11. The number of urea groups is 1. The minimum absolute atomic E-state index is 0.224. The lowest BCUT2D eigenvalue weighted by molar-refractivity contribution is -0.910. The topological polar surface area (TPSA) is 81.1 Å². The van der Waals surface area contributed by atoms with E-state index in [0.29, 0.717) is 19.8 Å². The number of fused-ring (bicyclic) bond motifs is 1. The lowest BCUT2D eigenvalue weighted by atomic mass is 10.0. The van der Waals surface area contributed by atoms with Gasteiger partial charge in [-0.1, -0.05) is 0 Å². The molecule has 0 bridgehead atoms. The molecule has 7 nitrogen and oxygen atoms in total. The second-order valence-electron chi connectivity index (χ2n) is 6.98. The van der Waals surface area contributed by atoms with Crippen molar-refractivity contribution in [3.8, 4) is 11.5 Å². The lowest BCUT2D eigenvalue weighted by Gasteiger charge is -2.23. The van der Waals surface area contributed by atoms with Crippen LogP contribution in [-0.2, 0) is 4.79 Å². The van der Waals surface area contributed by atoms with Gasteiger partial charge in [-0.2, -0.15) is 0 Å². The monoisotopic (exact) mass is 346 g/mol. The van der Waals surface area contributed by atoms with Gasteiger partial charge in [-0.15, -0.1) is 0 Å². The Hall–Kier alpha value is -2.28. The van der Waals surface area contributed by atoms with Crippen molar-refractivity contribution in [3.05, 3.63) is 23.8 Å². The van der Waals surface area contributed by atoms with Crippen molar-refractivity contribution in [1.29, 1.82) is 0 Å². The molecule has 134 valence electrons. The number of ether oxygens (including phenoxy) is 2. The molecule has 3 amide bonds. The number of hydrogen-bond donors (Lipinski definition) is 3. The van der Waals surface area contributed by atoms with Gasteiger partial charge < -0.3 is 19.7 Å². The Morgan fingerprint density at radius 1 is 1.12 bits per heavy atom. The van der Waals surface area contributed by atoms with E-state index < -0.39 is 0 Å². The number of quaternary nitrogens is 1. The van der Waals surface area contributed by atoms with Crippen molar-refractivity contribution in [2.45, 2.75) is 37.8 Å². The first-order chi connectivity index (χ1) is 12.2. The zero-order chi connectivity index (χ0) is 17.2. The maximum Gasteiger partial charge on any atom is 0.321 e. The van der Waals surface area contributed by atoms with Crippen LogP contribution < -0.4 is 25.0 Å². The van der Waals surface area contributed by atoms with Crippen molar-refractivity contribution in [3.63, 3.8) is 0 Å². The van der Waals surface area contributed by atoms with E-state index in [-0.39, 0.29) is 24.0 Å². The van der Waals surface area contributed by atoms with E-state index in [9.17, 15) is 9.59 Å². The fraction of sp³-hybridized carbons (Fsp3) is 0.556. The molecule has 0 radical (unpaired) electrons. The highest BCUT2D eigenvalue weighted by Crippen LogP contribution is 2.33. The van der Waals surface area contributed by atoms with Crippen LogP contribution in [0.3, 0.4) is 0 Å². The molecule has 0 spiro atoms. The molecule has 2 aliphatic heterocycles. The summed E-state index contributed by atoms with van der Waals surface area (Å²) < 4.78 is 11.2. The second-order valence-corrected chi connectivity index (χ2v) is 6.98. The third kappa shape index (κ3) is 3.87. The summed E-state index contributed by atoms with van der Waals surface area (Å²) in [5.41, 5.74) is 1.16. The first-order valence-electron chi connectivity index (χ1n) is 9.03. The maximum absolute atomic E-state index is 12.2. The minimum Gasteiger partial charge on any atom is -0.486 e. The Kier molecular flexibility index (Phi) is 4.48. The molecule has 25 heavy (non-hydrogen) atoms. The summed E-state index contributed by atoms with van der Waals surface area (Å²) in [5, 5.41) is 5.22. The van der Waals surface area contributed by atoms with Gasteiger partial charge in [0.05, 0.1) is 6.54 Å². The second kappa shape index (κ2) is 6.92. The molecule has 3 N–H and O–H groups in total. The van der Waals surface area contributed by atoms with E-state index in [2.05, 4.69) is 16.7 Å². The van der Waals surface area contributed by atoms with Crippen LogP contribution >= 0.6 is 0 Å². The summed E-state index contributed by atoms with van der Waals surface area (Å²) in [5.74, 6) is 1.34. The van der Waals surface area contributed by atoms with Gasteiger partial charge in [-0.3, -0.25) is 10.1 Å². The van der Waals surface area contributed by atoms with Crippen LogP contribution in [-0.4, -0.2) is 44.3 Å². The Morgan fingerprint density at radius 2 is 1.92 bits per heavy atom. The maximum atomic E-state index is 12.2. The SMILES string of the molecule is O=C(C[NH+]1CCC[C@H]1c1ccc2c(c1)OCCO2)NC(=O)NC1CC1. The molecule has 2 fully saturated rings. The van der Waals surface area contributed by atoms with Crippen molar-refractivity contribution < 1.29 is 24.0 Å². The number of carbonyl (C=O) groups excluding carboxylic acids is 2. The summed E-state index contributed by atoms with van der Waals surface area (Å²) in [6.07, 6.45) is 4.10. The predicted molar refractivity (Wildman–Crippen MR) is 89.8 cm³/mol. The Balaban J connectivity index is 1.38. The van der Waals surface area contributed by atoms with Gasteiger partial charge in [0.2, 0.25) is 0 Å². The standard InChI is InChI=1S/C18H23N3O4/c22-17(20-18(23)19-13-4-5-13)11-21-7-1-2-14(21)12-3-6-15-16(10-12)25-9-8-24-15/h3,6,10,13-14H,1-2,4-5,7-9,11H2,(H2,19,20,22,23)/p+1/t14-/m0/s1. The highest BCUT2D eigenvalue weighted by atomic mass is 16.6. The fourth-order valence-corrected chi connectivity index (χ4v) is 3.63. The molecule has 7 heteroatoms. The van der Waals surface area contributed by atoms with Crippen LogP contribution in [0.25, 0.3) is 0 Å². The van der Waals surface area contributed by atoms with Crippen LogP contribution in [0.5, 0.6) is 11.5 Å². The Labute approximate surface area is 146 Å². The fourth-order valence-electron chi connectivity index (χ4n) is 3.63. The number of benzene rings is 1. The molecule has 0 aromatic heterocycles. The summed E-state index contributed by atoms with van der Waals surface area (Å²) >= 11 is 0. The van der Waals surface area contributed by atoms with E-state index in [1.807, 2.05) is 12.1 Å². The molecule has 1 aromatic carbocycles. The van der Waals surface area contributed by atoms with Crippen LogP contribution in [0.4, 0.5) is 4.79 Å². The molecular formula is C18H24N3O4+. The van der Waals surface area contributed by atoms with Crippen molar-refractivity contribution in [1.82, 2.24) is 10.6 Å². The molecular weight excluding hydrogens is 322 g/mol. The first kappa shape index (κ1) is 16.2.